The molecule has 26 heavy (non-hydrogen) atoms. The Balaban J connectivity index is 1.78. The van der Waals surface area contributed by atoms with E-state index in [2.05, 4.69) is 44.2 Å². The van der Waals surface area contributed by atoms with Gasteiger partial charge in [-0.3, -0.25) is 4.79 Å². The predicted molar refractivity (Wildman–Crippen MR) is 105 cm³/mol. The largest absolute Gasteiger partial charge is 0.489 e. The van der Waals surface area contributed by atoms with Crippen LogP contribution in [0.1, 0.15) is 54.9 Å². The number of hydrogen-bond acceptors (Lipinski definition) is 3. The van der Waals surface area contributed by atoms with Crippen molar-refractivity contribution in [2.75, 3.05) is 6.61 Å². The summed E-state index contributed by atoms with van der Waals surface area (Å²) in [7, 11) is 0. The van der Waals surface area contributed by atoms with E-state index in [0.29, 0.717) is 19.6 Å². The van der Waals surface area contributed by atoms with Crippen LogP contribution in [-0.2, 0) is 22.6 Å². The minimum absolute atomic E-state index is 0.0885. The molecule has 0 bridgehead atoms. The van der Waals surface area contributed by atoms with E-state index in [4.69, 9.17) is 9.47 Å². The monoisotopic (exact) mass is 354 g/mol. The smallest absolute Gasteiger partial charge is 0.305 e. The Kier molecular flexibility index (Phi) is 8.20. The zero-order valence-electron chi connectivity index (χ0n) is 16.2. The fraction of sp³-hybridized carbons (Fsp3) is 0.435. The third kappa shape index (κ3) is 6.55. The fourth-order valence-electron chi connectivity index (χ4n) is 3.03. The molecular weight excluding hydrogens is 324 g/mol. The number of aryl methyl sites for hydroxylation is 3. The second-order valence-electron chi connectivity index (χ2n) is 6.67. The molecule has 0 amide bonds. The molecule has 3 nitrogen and oxygen atoms in total. The van der Waals surface area contributed by atoms with Gasteiger partial charge in [-0.2, -0.15) is 0 Å². The third-order valence-corrected chi connectivity index (χ3v) is 4.58. The highest BCUT2D eigenvalue weighted by atomic mass is 16.5. The summed E-state index contributed by atoms with van der Waals surface area (Å²) in [5.41, 5.74) is 5.07. The lowest BCUT2D eigenvalue weighted by atomic mass is 10.0. The van der Waals surface area contributed by atoms with Crippen molar-refractivity contribution in [3.63, 3.8) is 0 Å². The van der Waals surface area contributed by atoms with Crippen LogP contribution >= 0.6 is 0 Å². The number of carbonyl (C=O) groups excluding carboxylic acids is 1. The van der Waals surface area contributed by atoms with Crippen LogP contribution in [0.15, 0.2) is 42.5 Å². The number of benzene rings is 2. The van der Waals surface area contributed by atoms with Crippen molar-refractivity contribution in [2.24, 2.45) is 0 Å². The molecule has 0 N–H and O–H groups in total. The zero-order chi connectivity index (χ0) is 18.8. The van der Waals surface area contributed by atoms with Crippen LogP contribution in [-0.4, -0.2) is 12.6 Å². The Hall–Kier alpha value is -2.29. The molecule has 0 aliphatic rings. The summed E-state index contributed by atoms with van der Waals surface area (Å²) in [6.45, 7) is 7.15. The first kappa shape index (κ1) is 20.0. The number of carbonyl (C=O) groups is 1. The highest BCUT2D eigenvalue weighted by Gasteiger charge is 2.05. The second kappa shape index (κ2) is 10.6. The Morgan fingerprint density at radius 2 is 1.69 bits per heavy atom. The number of ether oxygens (including phenoxy) is 2. The van der Waals surface area contributed by atoms with Crippen molar-refractivity contribution in [2.45, 2.75) is 59.5 Å². The highest BCUT2D eigenvalue weighted by molar-refractivity contribution is 5.69. The van der Waals surface area contributed by atoms with Gasteiger partial charge < -0.3 is 9.47 Å². The Morgan fingerprint density at radius 3 is 2.42 bits per heavy atom. The fourth-order valence-corrected chi connectivity index (χ4v) is 3.03. The lowest BCUT2D eigenvalue weighted by Crippen LogP contribution is -2.03. The number of hydrogen-bond donors (Lipinski definition) is 0. The maximum Gasteiger partial charge on any atom is 0.305 e. The van der Waals surface area contributed by atoms with Crippen molar-refractivity contribution < 1.29 is 14.3 Å². The summed E-state index contributed by atoms with van der Waals surface area (Å²) in [4.78, 5) is 11.3. The molecular formula is C23H30O3. The van der Waals surface area contributed by atoms with E-state index in [-0.39, 0.29) is 5.97 Å². The van der Waals surface area contributed by atoms with E-state index in [1.807, 2.05) is 19.1 Å². The van der Waals surface area contributed by atoms with Crippen molar-refractivity contribution in [3.05, 3.63) is 64.7 Å². The molecule has 2 rings (SSSR count). The molecule has 3 heteroatoms. The van der Waals surface area contributed by atoms with E-state index in [9.17, 15) is 4.79 Å². The van der Waals surface area contributed by atoms with Gasteiger partial charge in [0.15, 0.2) is 0 Å². The molecule has 0 heterocycles. The Labute approximate surface area is 157 Å². The van der Waals surface area contributed by atoms with E-state index < -0.39 is 0 Å². The van der Waals surface area contributed by atoms with Crippen molar-refractivity contribution in [1.82, 2.24) is 0 Å². The number of esters is 1. The van der Waals surface area contributed by atoms with Gasteiger partial charge in [0.2, 0.25) is 0 Å². The minimum Gasteiger partial charge on any atom is -0.489 e. The molecule has 0 saturated carbocycles. The summed E-state index contributed by atoms with van der Waals surface area (Å²) in [5.74, 6) is 0.825. The molecule has 0 fully saturated rings. The standard InChI is InChI=1S/C23H30O3/c1-4-25-23(24)15-7-5-6-12-20-13-9-14-21(16-20)26-17-22-18(2)10-8-11-19(22)3/h8-11,13-14,16H,4-7,12,15,17H2,1-3H3. The molecule has 2 aromatic carbocycles. The molecule has 0 radical (unpaired) electrons. The van der Waals surface area contributed by atoms with E-state index >= 15 is 0 Å². The molecule has 0 aromatic heterocycles. The Morgan fingerprint density at radius 1 is 0.962 bits per heavy atom. The normalized spacial score (nSPS) is 10.6. The maximum absolute atomic E-state index is 11.3. The van der Waals surface area contributed by atoms with Gasteiger partial charge in [-0.15, -0.1) is 0 Å². The molecule has 140 valence electrons. The van der Waals surface area contributed by atoms with Crippen molar-refractivity contribution in [1.29, 1.82) is 0 Å². The van der Waals surface area contributed by atoms with Crippen LogP contribution in [0.2, 0.25) is 0 Å². The predicted octanol–water partition coefficient (Wildman–Crippen LogP) is 5.55. The number of unbranched alkanes of at least 4 members (excludes halogenated alkanes) is 2. The van der Waals surface area contributed by atoms with Crippen LogP contribution in [0, 0.1) is 13.8 Å². The van der Waals surface area contributed by atoms with Gasteiger partial charge in [-0.05, 0) is 74.4 Å². The van der Waals surface area contributed by atoms with Crippen molar-refractivity contribution >= 4 is 5.97 Å². The summed E-state index contributed by atoms with van der Waals surface area (Å²) in [5, 5.41) is 0. The number of rotatable bonds is 10. The lowest BCUT2D eigenvalue weighted by molar-refractivity contribution is -0.143. The summed E-state index contributed by atoms with van der Waals surface area (Å²) < 4.78 is 11.0. The SMILES string of the molecule is CCOC(=O)CCCCCc1cccc(OCc2c(C)cccc2C)c1. The lowest BCUT2D eigenvalue weighted by Gasteiger charge is -2.12. The van der Waals surface area contributed by atoms with Crippen LogP contribution in [0.25, 0.3) is 0 Å². The first-order valence-corrected chi connectivity index (χ1v) is 9.52. The van der Waals surface area contributed by atoms with Crippen LogP contribution in [0.4, 0.5) is 0 Å². The van der Waals surface area contributed by atoms with Gasteiger partial charge in [0, 0.05) is 6.42 Å². The zero-order valence-corrected chi connectivity index (χ0v) is 16.2. The molecule has 0 aliphatic heterocycles. The first-order chi connectivity index (χ1) is 12.6. The average Bonchev–Trinajstić information content (AvgIpc) is 2.62. The molecule has 0 atom stereocenters. The molecule has 0 saturated heterocycles. The van der Waals surface area contributed by atoms with Crippen LogP contribution < -0.4 is 4.74 Å². The highest BCUT2D eigenvalue weighted by Crippen LogP contribution is 2.20. The average molecular weight is 354 g/mol. The summed E-state index contributed by atoms with van der Waals surface area (Å²) in [6, 6.07) is 14.6. The van der Waals surface area contributed by atoms with Crippen molar-refractivity contribution in [3.8, 4) is 5.75 Å². The quantitative estimate of drug-likeness (QED) is 0.414. The van der Waals surface area contributed by atoms with Gasteiger partial charge in [-0.25, -0.2) is 0 Å². The van der Waals surface area contributed by atoms with Gasteiger partial charge in [0.05, 0.1) is 6.61 Å². The van der Waals surface area contributed by atoms with Gasteiger partial charge >= 0.3 is 5.97 Å². The summed E-state index contributed by atoms with van der Waals surface area (Å²) >= 11 is 0. The summed E-state index contributed by atoms with van der Waals surface area (Å²) in [6.07, 6.45) is 4.52. The second-order valence-corrected chi connectivity index (χ2v) is 6.67. The third-order valence-electron chi connectivity index (χ3n) is 4.58. The van der Waals surface area contributed by atoms with Crippen LogP contribution in [0.5, 0.6) is 5.75 Å². The minimum atomic E-state index is -0.0885. The van der Waals surface area contributed by atoms with Gasteiger partial charge in [0.25, 0.3) is 0 Å². The van der Waals surface area contributed by atoms with E-state index in [0.717, 1.165) is 31.4 Å². The Bertz CT molecular complexity index is 686. The van der Waals surface area contributed by atoms with Gasteiger partial charge in [-0.1, -0.05) is 36.8 Å². The molecule has 0 unspecified atom stereocenters. The molecule has 0 aliphatic carbocycles. The van der Waals surface area contributed by atoms with Gasteiger partial charge in [0.1, 0.15) is 12.4 Å². The topological polar surface area (TPSA) is 35.5 Å². The van der Waals surface area contributed by atoms with Crippen LogP contribution in [0.3, 0.4) is 0 Å². The molecule has 0 spiro atoms. The first-order valence-electron chi connectivity index (χ1n) is 9.52. The van der Waals surface area contributed by atoms with E-state index in [1.165, 1.54) is 22.3 Å². The van der Waals surface area contributed by atoms with E-state index in [1.54, 1.807) is 0 Å². The molecule has 2 aromatic rings. The maximum atomic E-state index is 11.3.